The van der Waals surface area contributed by atoms with Gasteiger partial charge in [-0.3, -0.25) is 0 Å². The molecule has 3 fully saturated rings. The average Bonchev–Trinajstić information content (AvgIpc) is 2.42. The molecule has 1 unspecified atom stereocenters. The molecule has 3 saturated heterocycles. The molecule has 2 bridgehead atoms. The van der Waals surface area contributed by atoms with Crippen LogP contribution in [0, 0.1) is 5.41 Å². The lowest BCUT2D eigenvalue weighted by atomic mass is 9.71. The van der Waals surface area contributed by atoms with Gasteiger partial charge in [0.05, 0.1) is 19.3 Å². The summed E-state index contributed by atoms with van der Waals surface area (Å²) < 4.78 is 12.0. The summed E-state index contributed by atoms with van der Waals surface area (Å²) in [5, 5.41) is 11.2. The molecule has 3 aliphatic heterocycles. The van der Waals surface area contributed by atoms with E-state index in [0.717, 1.165) is 18.4 Å². The largest absolute Gasteiger partial charge is 0.392 e. The summed E-state index contributed by atoms with van der Waals surface area (Å²) in [5.41, 5.74) is 0.712. The zero-order chi connectivity index (χ0) is 13.5. The van der Waals surface area contributed by atoms with E-state index in [-0.39, 0.29) is 11.5 Å². The fourth-order valence-electron chi connectivity index (χ4n) is 3.18. The molecule has 3 aliphatic rings. The van der Waals surface area contributed by atoms with Crippen LogP contribution in [0.15, 0.2) is 24.3 Å². The monoisotopic (exact) mass is 282 g/mol. The standard InChI is InChI=1S/C15H19ClO3/c1-2-7-14-9-18-15(19-10-14,8-13(14)17)11-3-5-12(16)6-4-11/h3-6,13,17H,2,7-10H2,1H3. The van der Waals surface area contributed by atoms with E-state index >= 15 is 0 Å². The van der Waals surface area contributed by atoms with Gasteiger partial charge in [-0.15, -0.1) is 0 Å². The lowest BCUT2D eigenvalue weighted by Crippen LogP contribution is -2.61. The molecule has 3 heterocycles. The number of aliphatic hydroxyl groups excluding tert-OH is 1. The summed E-state index contributed by atoms with van der Waals surface area (Å²) in [4.78, 5) is 0. The molecule has 19 heavy (non-hydrogen) atoms. The number of ether oxygens (including phenoxy) is 2. The van der Waals surface area contributed by atoms with Crippen molar-refractivity contribution in [1.82, 2.24) is 0 Å². The van der Waals surface area contributed by atoms with Crippen LogP contribution in [0.5, 0.6) is 0 Å². The molecule has 0 aromatic heterocycles. The van der Waals surface area contributed by atoms with Crippen LogP contribution < -0.4 is 0 Å². The van der Waals surface area contributed by atoms with E-state index in [1.54, 1.807) is 0 Å². The summed E-state index contributed by atoms with van der Waals surface area (Å²) in [6.45, 7) is 3.24. The van der Waals surface area contributed by atoms with Gasteiger partial charge in [0.15, 0.2) is 5.79 Å². The topological polar surface area (TPSA) is 38.7 Å². The Balaban J connectivity index is 1.87. The normalized spacial score (nSPS) is 37.5. The predicted molar refractivity (Wildman–Crippen MR) is 73.0 cm³/mol. The highest BCUT2D eigenvalue weighted by Gasteiger charge is 2.56. The van der Waals surface area contributed by atoms with Gasteiger partial charge in [0, 0.05) is 22.4 Å². The molecule has 1 atom stereocenters. The van der Waals surface area contributed by atoms with Gasteiger partial charge >= 0.3 is 0 Å². The molecule has 4 rings (SSSR count). The molecule has 1 aromatic rings. The van der Waals surface area contributed by atoms with Crippen molar-refractivity contribution in [3.63, 3.8) is 0 Å². The van der Waals surface area contributed by atoms with Crippen LogP contribution in [-0.4, -0.2) is 24.4 Å². The third-order valence-electron chi connectivity index (χ3n) is 4.39. The number of fused-ring (bicyclic) bond motifs is 3. The van der Waals surface area contributed by atoms with Crippen LogP contribution in [-0.2, 0) is 15.3 Å². The Morgan fingerprint density at radius 3 is 2.42 bits per heavy atom. The molecule has 3 nitrogen and oxygen atoms in total. The highest BCUT2D eigenvalue weighted by Crippen LogP contribution is 2.51. The number of aliphatic hydroxyl groups is 1. The SMILES string of the molecule is CCCC12COC(c3ccc(Cl)cc3)(CC1O)OC2. The highest BCUT2D eigenvalue weighted by atomic mass is 35.5. The molecule has 0 spiro atoms. The number of rotatable bonds is 3. The first-order chi connectivity index (χ1) is 9.10. The second-order valence-electron chi connectivity index (χ2n) is 5.67. The first kappa shape index (κ1) is 13.4. The highest BCUT2D eigenvalue weighted by molar-refractivity contribution is 6.30. The van der Waals surface area contributed by atoms with Crippen LogP contribution in [0.2, 0.25) is 5.02 Å². The lowest BCUT2D eigenvalue weighted by Gasteiger charge is -2.55. The van der Waals surface area contributed by atoms with Crippen molar-refractivity contribution in [2.45, 2.75) is 38.1 Å². The summed E-state index contributed by atoms with van der Waals surface area (Å²) in [5.74, 6) is -0.792. The molecule has 0 amide bonds. The van der Waals surface area contributed by atoms with Gasteiger partial charge in [-0.2, -0.15) is 0 Å². The first-order valence-corrected chi connectivity index (χ1v) is 7.20. The lowest BCUT2D eigenvalue weighted by molar-refractivity contribution is -0.376. The van der Waals surface area contributed by atoms with E-state index in [4.69, 9.17) is 21.1 Å². The second-order valence-corrected chi connectivity index (χ2v) is 6.11. The maximum atomic E-state index is 10.5. The van der Waals surface area contributed by atoms with Crippen molar-refractivity contribution in [2.75, 3.05) is 13.2 Å². The molecule has 0 radical (unpaired) electrons. The van der Waals surface area contributed by atoms with Crippen LogP contribution in [0.4, 0.5) is 0 Å². The quantitative estimate of drug-likeness (QED) is 0.926. The Hall–Kier alpha value is -0.610. The van der Waals surface area contributed by atoms with Gasteiger partial charge in [-0.1, -0.05) is 37.1 Å². The Morgan fingerprint density at radius 1 is 1.26 bits per heavy atom. The van der Waals surface area contributed by atoms with Crippen molar-refractivity contribution in [3.8, 4) is 0 Å². The smallest absolute Gasteiger partial charge is 0.197 e. The maximum Gasteiger partial charge on any atom is 0.197 e. The Morgan fingerprint density at radius 2 is 1.89 bits per heavy atom. The fraction of sp³-hybridized carbons (Fsp3) is 0.600. The summed E-state index contributed by atoms with van der Waals surface area (Å²) in [6, 6.07) is 7.47. The minimum Gasteiger partial charge on any atom is -0.392 e. The second kappa shape index (κ2) is 4.74. The molecule has 1 N–H and O–H groups in total. The Bertz CT molecular complexity index is 449. The van der Waals surface area contributed by atoms with Crippen LogP contribution in [0.25, 0.3) is 0 Å². The summed E-state index contributed by atoms with van der Waals surface area (Å²) in [6.07, 6.45) is 2.09. The zero-order valence-corrected chi connectivity index (χ0v) is 11.8. The van der Waals surface area contributed by atoms with E-state index in [1.807, 2.05) is 24.3 Å². The Kier molecular flexibility index (Phi) is 3.34. The van der Waals surface area contributed by atoms with Crippen molar-refractivity contribution in [2.24, 2.45) is 5.41 Å². The molecule has 104 valence electrons. The van der Waals surface area contributed by atoms with Crippen molar-refractivity contribution in [1.29, 1.82) is 0 Å². The molecule has 4 heteroatoms. The minimum absolute atomic E-state index is 0.219. The number of halogens is 1. The maximum absolute atomic E-state index is 10.5. The van der Waals surface area contributed by atoms with Crippen molar-refractivity contribution < 1.29 is 14.6 Å². The summed E-state index contributed by atoms with van der Waals surface area (Å²) >= 11 is 5.91. The van der Waals surface area contributed by atoms with E-state index in [0.29, 0.717) is 24.7 Å². The molecular formula is C15H19ClO3. The Labute approximate surface area is 118 Å². The van der Waals surface area contributed by atoms with Gasteiger partial charge in [0.1, 0.15) is 0 Å². The third kappa shape index (κ3) is 2.09. The van der Waals surface area contributed by atoms with E-state index in [1.165, 1.54) is 0 Å². The van der Waals surface area contributed by atoms with Gasteiger partial charge in [0.2, 0.25) is 0 Å². The van der Waals surface area contributed by atoms with E-state index in [2.05, 4.69) is 6.92 Å². The van der Waals surface area contributed by atoms with Crippen molar-refractivity contribution >= 4 is 11.6 Å². The third-order valence-corrected chi connectivity index (χ3v) is 4.64. The van der Waals surface area contributed by atoms with Crippen LogP contribution in [0.1, 0.15) is 31.7 Å². The van der Waals surface area contributed by atoms with Crippen LogP contribution in [0.3, 0.4) is 0 Å². The van der Waals surface area contributed by atoms with E-state index in [9.17, 15) is 5.11 Å². The fourth-order valence-corrected chi connectivity index (χ4v) is 3.31. The van der Waals surface area contributed by atoms with Gasteiger partial charge in [-0.25, -0.2) is 0 Å². The van der Waals surface area contributed by atoms with Crippen molar-refractivity contribution in [3.05, 3.63) is 34.9 Å². The average molecular weight is 283 g/mol. The molecule has 0 saturated carbocycles. The van der Waals surface area contributed by atoms with Gasteiger partial charge < -0.3 is 14.6 Å². The molecular weight excluding hydrogens is 264 g/mol. The zero-order valence-electron chi connectivity index (χ0n) is 11.1. The molecule has 1 aromatic carbocycles. The van der Waals surface area contributed by atoms with Gasteiger partial charge in [0.25, 0.3) is 0 Å². The van der Waals surface area contributed by atoms with E-state index < -0.39 is 5.79 Å². The predicted octanol–water partition coefficient (Wildman–Crippen LogP) is 3.09. The van der Waals surface area contributed by atoms with Gasteiger partial charge in [-0.05, 0) is 18.6 Å². The number of benzene rings is 1. The van der Waals surface area contributed by atoms with Crippen LogP contribution >= 0.6 is 11.6 Å². The first-order valence-electron chi connectivity index (χ1n) is 6.82. The molecule has 0 aliphatic carbocycles. The number of hydrogen-bond acceptors (Lipinski definition) is 3. The minimum atomic E-state index is -0.792. The summed E-state index contributed by atoms with van der Waals surface area (Å²) in [7, 11) is 0. The number of hydrogen-bond donors (Lipinski definition) is 1.